The standard InChI is InChI=1S/C23H30N4O2/c1-18-16-27(22(28)20-6-3-2-4-7-20)17-23(29-18)10-14-26(15-11-23)13-9-19-8-5-12-25-21(19)24/h2-8,12,18H,9-11,13-17H2,1H3,(H2,24,25). The number of piperidine rings is 1. The third kappa shape index (κ3) is 4.60. The number of nitrogens with zero attached hydrogens (tertiary/aromatic N) is 3. The van der Waals surface area contributed by atoms with Gasteiger partial charge in [0.25, 0.3) is 5.91 Å². The van der Waals surface area contributed by atoms with Gasteiger partial charge in [0.1, 0.15) is 5.82 Å². The van der Waals surface area contributed by atoms with E-state index in [1.165, 1.54) is 0 Å². The number of morpholine rings is 1. The smallest absolute Gasteiger partial charge is 0.254 e. The van der Waals surface area contributed by atoms with Crippen LogP contribution in [0.2, 0.25) is 0 Å². The first-order valence-electron chi connectivity index (χ1n) is 10.5. The molecule has 2 aliphatic rings. The predicted molar refractivity (Wildman–Crippen MR) is 114 cm³/mol. The van der Waals surface area contributed by atoms with Crippen molar-refractivity contribution >= 4 is 11.7 Å². The van der Waals surface area contributed by atoms with E-state index in [4.69, 9.17) is 10.5 Å². The first-order chi connectivity index (χ1) is 14.0. The van der Waals surface area contributed by atoms with Crippen molar-refractivity contribution in [1.82, 2.24) is 14.8 Å². The van der Waals surface area contributed by atoms with E-state index < -0.39 is 0 Å². The van der Waals surface area contributed by atoms with Crippen LogP contribution in [-0.4, -0.2) is 65.1 Å². The molecule has 6 nitrogen and oxygen atoms in total. The number of nitrogen functional groups attached to an aromatic ring is 1. The Morgan fingerprint density at radius 1 is 1.21 bits per heavy atom. The normalized spacial score (nSPS) is 22.0. The number of hydrogen-bond acceptors (Lipinski definition) is 5. The Balaban J connectivity index is 1.35. The number of ether oxygens (including phenoxy) is 1. The second kappa shape index (κ2) is 8.51. The molecule has 4 rings (SSSR count). The van der Waals surface area contributed by atoms with Gasteiger partial charge in [0.2, 0.25) is 0 Å². The highest BCUT2D eigenvalue weighted by atomic mass is 16.5. The van der Waals surface area contributed by atoms with Gasteiger partial charge in [-0.05, 0) is 49.9 Å². The van der Waals surface area contributed by atoms with E-state index >= 15 is 0 Å². The lowest BCUT2D eigenvalue weighted by atomic mass is 9.88. The lowest BCUT2D eigenvalue weighted by Crippen LogP contribution is -2.60. The molecule has 2 saturated heterocycles. The summed E-state index contributed by atoms with van der Waals surface area (Å²) in [5.41, 5.74) is 7.60. The summed E-state index contributed by atoms with van der Waals surface area (Å²) in [5, 5.41) is 0. The number of aromatic nitrogens is 1. The highest BCUT2D eigenvalue weighted by Gasteiger charge is 2.43. The molecular weight excluding hydrogens is 364 g/mol. The molecule has 0 radical (unpaired) electrons. The van der Waals surface area contributed by atoms with Gasteiger partial charge >= 0.3 is 0 Å². The summed E-state index contributed by atoms with van der Waals surface area (Å²) >= 11 is 0. The Morgan fingerprint density at radius 2 is 1.97 bits per heavy atom. The van der Waals surface area contributed by atoms with E-state index in [1.54, 1.807) is 6.20 Å². The molecular formula is C23H30N4O2. The first-order valence-corrected chi connectivity index (χ1v) is 10.5. The zero-order valence-electron chi connectivity index (χ0n) is 17.1. The molecule has 1 unspecified atom stereocenters. The quantitative estimate of drug-likeness (QED) is 0.863. The van der Waals surface area contributed by atoms with Gasteiger partial charge in [-0.25, -0.2) is 4.98 Å². The summed E-state index contributed by atoms with van der Waals surface area (Å²) in [6.45, 7) is 6.31. The Bertz CT molecular complexity index is 834. The van der Waals surface area contributed by atoms with Crippen molar-refractivity contribution in [2.45, 2.75) is 37.9 Å². The molecule has 0 bridgehead atoms. The van der Waals surface area contributed by atoms with E-state index in [0.29, 0.717) is 18.9 Å². The van der Waals surface area contributed by atoms with Crippen LogP contribution in [0.3, 0.4) is 0 Å². The molecule has 154 valence electrons. The van der Waals surface area contributed by atoms with Crippen molar-refractivity contribution in [3.8, 4) is 0 Å². The summed E-state index contributed by atoms with van der Waals surface area (Å²) in [5.74, 6) is 0.732. The van der Waals surface area contributed by atoms with Crippen LogP contribution in [0.1, 0.15) is 35.7 Å². The average molecular weight is 395 g/mol. The Hall–Kier alpha value is -2.44. The Kier molecular flexibility index (Phi) is 5.83. The maximum Gasteiger partial charge on any atom is 0.254 e. The van der Waals surface area contributed by atoms with Gasteiger partial charge in [-0.1, -0.05) is 24.3 Å². The van der Waals surface area contributed by atoms with Crippen LogP contribution < -0.4 is 5.73 Å². The number of rotatable bonds is 4. The van der Waals surface area contributed by atoms with E-state index in [1.807, 2.05) is 47.4 Å². The van der Waals surface area contributed by atoms with Crippen molar-refractivity contribution in [1.29, 1.82) is 0 Å². The minimum atomic E-state index is -0.230. The Morgan fingerprint density at radius 3 is 2.69 bits per heavy atom. The Labute approximate surface area is 172 Å². The molecule has 0 saturated carbocycles. The number of benzene rings is 1. The summed E-state index contributed by atoms with van der Waals surface area (Å²) in [4.78, 5) is 21.6. The van der Waals surface area contributed by atoms with E-state index in [0.717, 1.165) is 50.0 Å². The van der Waals surface area contributed by atoms with Crippen LogP contribution in [0, 0.1) is 0 Å². The molecule has 2 N–H and O–H groups in total. The molecule has 2 fully saturated rings. The van der Waals surface area contributed by atoms with Crippen molar-refractivity contribution < 1.29 is 9.53 Å². The zero-order chi connectivity index (χ0) is 20.3. The molecule has 1 aromatic heterocycles. The van der Waals surface area contributed by atoms with Crippen molar-refractivity contribution in [3.05, 3.63) is 59.8 Å². The van der Waals surface area contributed by atoms with Crippen LogP contribution in [-0.2, 0) is 11.2 Å². The first kappa shape index (κ1) is 19.9. The van der Waals surface area contributed by atoms with Crippen molar-refractivity contribution in [2.24, 2.45) is 0 Å². The molecule has 29 heavy (non-hydrogen) atoms. The van der Waals surface area contributed by atoms with Crippen LogP contribution in [0.5, 0.6) is 0 Å². The summed E-state index contributed by atoms with van der Waals surface area (Å²) < 4.78 is 6.41. The monoisotopic (exact) mass is 394 g/mol. The van der Waals surface area contributed by atoms with Crippen LogP contribution in [0.4, 0.5) is 5.82 Å². The van der Waals surface area contributed by atoms with Crippen molar-refractivity contribution in [3.63, 3.8) is 0 Å². The minimum Gasteiger partial charge on any atom is -0.383 e. The van der Waals surface area contributed by atoms with Gasteiger partial charge in [-0.15, -0.1) is 0 Å². The van der Waals surface area contributed by atoms with Gasteiger partial charge in [0, 0.05) is 37.9 Å². The number of amides is 1. The predicted octanol–water partition coefficient (Wildman–Crippen LogP) is 2.60. The van der Waals surface area contributed by atoms with Gasteiger partial charge in [-0.2, -0.15) is 0 Å². The molecule has 2 aliphatic heterocycles. The van der Waals surface area contributed by atoms with E-state index in [-0.39, 0.29) is 17.6 Å². The van der Waals surface area contributed by atoms with Gasteiger partial charge in [0.15, 0.2) is 0 Å². The summed E-state index contributed by atoms with van der Waals surface area (Å²) in [7, 11) is 0. The maximum atomic E-state index is 13.0. The molecule has 0 aliphatic carbocycles. The van der Waals surface area contributed by atoms with E-state index in [9.17, 15) is 4.79 Å². The summed E-state index contributed by atoms with van der Waals surface area (Å²) in [6.07, 6.45) is 4.57. The molecule has 1 amide bonds. The van der Waals surface area contributed by atoms with Crippen molar-refractivity contribution in [2.75, 3.05) is 38.5 Å². The molecule has 2 aromatic rings. The summed E-state index contributed by atoms with van der Waals surface area (Å²) in [6, 6.07) is 13.5. The minimum absolute atomic E-state index is 0.0538. The lowest BCUT2D eigenvalue weighted by Gasteiger charge is -2.49. The zero-order valence-corrected chi connectivity index (χ0v) is 17.1. The topological polar surface area (TPSA) is 71.7 Å². The number of pyridine rings is 1. The fraction of sp³-hybridized carbons (Fsp3) is 0.478. The second-order valence-electron chi connectivity index (χ2n) is 8.30. The van der Waals surface area contributed by atoms with Gasteiger partial charge in [-0.3, -0.25) is 4.79 Å². The highest BCUT2D eigenvalue weighted by molar-refractivity contribution is 5.94. The van der Waals surface area contributed by atoms with Crippen LogP contribution >= 0.6 is 0 Å². The van der Waals surface area contributed by atoms with E-state index in [2.05, 4.69) is 16.8 Å². The number of nitrogens with two attached hydrogens (primary N) is 1. The molecule has 1 atom stereocenters. The number of likely N-dealkylation sites (tertiary alicyclic amines) is 1. The number of anilines is 1. The molecule has 1 spiro atoms. The third-order valence-corrected chi connectivity index (χ3v) is 6.11. The highest BCUT2D eigenvalue weighted by Crippen LogP contribution is 2.33. The fourth-order valence-corrected chi connectivity index (χ4v) is 4.54. The number of carbonyl (C=O) groups is 1. The van der Waals surface area contributed by atoms with Gasteiger partial charge < -0.3 is 20.3 Å². The molecule has 1 aromatic carbocycles. The SMILES string of the molecule is CC1CN(C(=O)c2ccccc2)CC2(CCN(CCc3cccnc3N)CC2)O1. The average Bonchev–Trinajstić information content (AvgIpc) is 2.74. The third-order valence-electron chi connectivity index (χ3n) is 6.11. The maximum absolute atomic E-state index is 13.0. The van der Waals surface area contributed by atoms with Crippen LogP contribution in [0.15, 0.2) is 48.7 Å². The lowest BCUT2D eigenvalue weighted by molar-refractivity contribution is -0.161. The van der Waals surface area contributed by atoms with Crippen LogP contribution in [0.25, 0.3) is 0 Å². The number of carbonyl (C=O) groups excluding carboxylic acids is 1. The fourth-order valence-electron chi connectivity index (χ4n) is 4.54. The second-order valence-corrected chi connectivity index (χ2v) is 8.30. The molecule has 3 heterocycles. The number of hydrogen-bond donors (Lipinski definition) is 1. The van der Waals surface area contributed by atoms with Gasteiger partial charge in [0.05, 0.1) is 18.2 Å². The molecule has 6 heteroatoms. The largest absolute Gasteiger partial charge is 0.383 e.